The van der Waals surface area contributed by atoms with Crippen molar-refractivity contribution in [1.82, 2.24) is 14.5 Å². The maximum atomic E-state index is 6.59. The molecule has 0 spiro atoms. The first kappa shape index (κ1) is 29.0. The summed E-state index contributed by atoms with van der Waals surface area (Å²) in [5.74, 6) is 0.882. The lowest BCUT2D eigenvalue weighted by Gasteiger charge is -2.26. The number of para-hydroxylation sites is 3. The van der Waals surface area contributed by atoms with Crippen LogP contribution in [0.1, 0.15) is 24.0 Å². The molecule has 1 aliphatic heterocycles. The van der Waals surface area contributed by atoms with Crippen molar-refractivity contribution in [2.45, 2.75) is 12.8 Å². The van der Waals surface area contributed by atoms with Crippen LogP contribution in [0.2, 0.25) is 0 Å². The van der Waals surface area contributed by atoms with E-state index in [0.29, 0.717) is 5.82 Å². The number of aromatic nitrogens is 3. The Morgan fingerprint density at radius 1 is 0.500 bits per heavy atom. The number of rotatable bonds is 4. The third-order valence-electron chi connectivity index (χ3n) is 10.8. The van der Waals surface area contributed by atoms with Crippen LogP contribution in [0, 0.1) is 0 Å². The number of hydrogen-bond donors (Lipinski definition) is 0. The molecule has 4 heterocycles. The predicted octanol–water partition coefficient (Wildman–Crippen LogP) is 12.6. The fraction of sp³-hybridized carbons (Fsp3) is 0.0417. The molecule has 11 rings (SSSR count). The summed E-state index contributed by atoms with van der Waals surface area (Å²) in [6, 6.07) is 58.0. The number of benzene rings is 7. The predicted molar refractivity (Wildman–Crippen MR) is 213 cm³/mol. The third kappa shape index (κ3) is 4.28. The van der Waals surface area contributed by atoms with Gasteiger partial charge in [0.05, 0.1) is 27.8 Å². The smallest absolute Gasteiger partial charge is 0.213 e. The molecule has 0 saturated heterocycles. The van der Waals surface area contributed by atoms with Gasteiger partial charge >= 0.3 is 0 Å². The maximum absolute atomic E-state index is 6.59. The van der Waals surface area contributed by atoms with E-state index in [4.69, 9.17) is 14.4 Å². The lowest BCUT2D eigenvalue weighted by atomic mass is 9.86. The topological polar surface area (TPSA) is 43.9 Å². The van der Waals surface area contributed by atoms with Crippen LogP contribution >= 0.6 is 0 Å². The van der Waals surface area contributed by atoms with E-state index in [1.165, 1.54) is 38.5 Å². The molecule has 0 N–H and O–H groups in total. The first-order valence-corrected chi connectivity index (χ1v) is 17.8. The minimum atomic E-state index is 0.173. The molecule has 4 nitrogen and oxygen atoms in total. The molecule has 244 valence electrons. The summed E-state index contributed by atoms with van der Waals surface area (Å²) in [5, 5.41) is 4.58. The molecule has 0 fully saturated rings. The lowest BCUT2D eigenvalue weighted by molar-refractivity contribution is 0.642. The summed E-state index contributed by atoms with van der Waals surface area (Å²) < 4.78 is 8.92. The number of fused-ring (bicyclic) bond motifs is 8. The van der Waals surface area contributed by atoms with E-state index < -0.39 is 0 Å². The van der Waals surface area contributed by atoms with Crippen molar-refractivity contribution in [2.24, 2.45) is 0 Å². The van der Waals surface area contributed by atoms with E-state index in [1.54, 1.807) is 0 Å². The molecule has 0 saturated carbocycles. The van der Waals surface area contributed by atoms with Crippen LogP contribution in [-0.4, -0.2) is 14.5 Å². The fourth-order valence-electron chi connectivity index (χ4n) is 8.34. The van der Waals surface area contributed by atoms with Crippen molar-refractivity contribution < 1.29 is 4.42 Å². The highest BCUT2D eigenvalue weighted by Crippen LogP contribution is 2.48. The van der Waals surface area contributed by atoms with E-state index in [9.17, 15) is 0 Å². The lowest BCUT2D eigenvalue weighted by Crippen LogP contribution is -2.11. The van der Waals surface area contributed by atoms with Gasteiger partial charge in [0.15, 0.2) is 5.82 Å². The Bertz CT molecular complexity index is 2970. The van der Waals surface area contributed by atoms with Gasteiger partial charge in [0, 0.05) is 33.2 Å². The third-order valence-corrected chi connectivity index (χ3v) is 10.8. The molecule has 0 amide bonds. The van der Waals surface area contributed by atoms with Gasteiger partial charge in [0.25, 0.3) is 0 Å². The van der Waals surface area contributed by atoms with Crippen LogP contribution in [0.25, 0.3) is 94.5 Å². The molecule has 1 atom stereocenters. The number of furan rings is 1. The summed E-state index contributed by atoms with van der Waals surface area (Å²) in [6.07, 6.45) is 0. The van der Waals surface area contributed by atoms with Crippen LogP contribution in [0.5, 0.6) is 0 Å². The molecule has 1 unspecified atom stereocenters. The highest BCUT2D eigenvalue weighted by atomic mass is 16.3. The summed E-state index contributed by atoms with van der Waals surface area (Å²) >= 11 is 0. The standard InChI is InChI=1S/C48H31N3O/c1-29-36-19-12-20-39-44-38-18-9-11-22-43(38)52-48(44)51(46(36)39)42-24-23-32(28-40(29)42)47-49-41-21-10-8-17-37(41)45(50-47)35-26-33(30-13-4-2-5-14-30)25-34(27-35)31-15-6-3-7-16-31/h2-29H,1H3. The molecular weight excluding hydrogens is 635 g/mol. The average Bonchev–Trinajstić information content (AvgIpc) is 3.75. The summed E-state index contributed by atoms with van der Waals surface area (Å²) in [6.45, 7) is 2.31. The van der Waals surface area contributed by atoms with Crippen molar-refractivity contribution in [3.05, 3.63) is 175 Å². The summed E-state index contributed by atoms with van der Waals surface area (Å²) in [7, 11) is 0. The van der Waals surface area contributed by atoms with E-state index in [0.717, 1.165) is 61.2 Å². The van der Waals surface area contributed by atoms with Crippen LogP contribution in [0.4, 0.5) is 0 Å². The highest BCUT2D eigenvalue weighted by molar-refractivity contribution is 6.21. The van der Waals surface area contributed by atoms with Gasteiger partial charge in [-0.2, -0.15) is 0 Å². The van der Waals surface area contributed by atoms with E-state index in [1.807, 2.05) is 6.07 Å². The Labute approximate surface area is 300 Å². The zero-order valence-corrected chi connectivity index (χ0v) is 28.4. The van der Waals surface area contributed by atoms with Crippen molar-refractivity contribution in [1.29, 1.82) is 0 Å². The molecule has 0 bridgehead atoms. The largest absolute Gasteiger partial charge is 0.439 e. The van der Waals surface area contributed by atoms with Gasteiger partial charge in [0.1, 0.15) is 5.58 Å². The Balaban J connectivity index is 1.12. The summed E-state index contributed by atoms with van der Waals surface area (Å²) in [4.78, 5) is 10.6. The molecule has 7 aromatic carbocycles. The molecular formula is C48H31N3O. The van der Waals surface area contributed by atoms with E-state index in [-0.39, 0.29) is 5.92 Å². The minimum absolute atomic E-state index is 0.173. The molecule has 1 aliphatic rings. The second-order valence-electron chi connectivity index (χ2n) is 13.8. The Morgan fingerprint density at radius 3 is 1.92 bits per heavy atom. The normalized spacial score (nSPS) is 13.7. The van der Waals surface area contributed by atoms with Gasteiger partial charge in [-0.05, 0) is 81.9 Å². The molecule has 0 radical (unpaired) electrons. The van der Waals surface area contributed by atoms with Crippen molar-refractivity contribution >= 4 is 43.9 Å². The van der Waals surface area contributed by atoms with Gasteiger partial charge in [-0.25, -0.2) is 9.97 Å². The van der Waals surface area contributed by atoms with Gasteiger partial charge in [-0.1, -0.05) is 122 Å². The maximum Gasteiger partial charge on any atom is 0.213 e. The second-order valence-corrected chi connectivity index (χ2v) is 13.8. The Hall–Kier alpha value is -6.78. The van der Waals surface area contributed by atoms with Gasteiger partial charge < -0.3 is 4.42 Å². The van der Waals surface area contributed by atoms with Gasteiger partial charge in [-0.15, -0.1) is 0 Å². The van der Waals surface area contributed by atoms with Crippen LogP contribution in [0.15, 0.2) is 168 Å². The molecule has 52 heavy (non-hydrogen) atoms. The van der Waals surface area contributed by atoms with E-state index in [2.05, 4.69) is 169 Å². The summed E-state index contributed by atoms with van der Waals surface area (Å²) in [5.41, 5.74) is 15.2. The van der Waals surface area contributed by atoms with Gasteiger partial charge in [0.2, 0.25) is 5.71 Å². The SMILES string of the molecule is CC1c2cc(-c3nc(-c4cc(-c5ccccc5)cc(-c5ccccc5)c4)c4ccccc4n3)ccc2-n2c3oc4ccccc4c3c3cccc1c32. The van der Waals surface area contributed by atoms with Crippen molar-refractivity contribution in [3.63, 3.8) is 0 Å². The average molecular weight is 666 g/mol. The zero-order chi connectivity index (χ0) is 34.3. The molecule has 3 aromatic heterocycles. The van der Waals surface area contributed by atoms with Crippen molar-refractivity contribution in [2.75, 3.05) is 0 Å². The molecule has 0 aliphatic carbocycles. The van der Waals surface area contributed by atoms with Crippen molar-refractivity contribution in [3.8, 4) is 50.6 Å². The Morgan fingerprint density at radius 2 is 1.15 bits per heavy atom. The highest BCUT2D eigenvalue weighted by Gasteiger charge is 2.30. The second kappa shape index (κ2) is 11.1. The molecule has 10 aromatic rings. The Kier molecular flexibility index (Phi) is 6.20. The number of nitrogens with zero attached hydrogens (tertiary/aromatic N) is 3. The van der Waals surface area contributed by atoms with Gasteiger partial charge in [-0.3, -0.25) is 4.57 Å². The zero-order valence-electron chi connectivity index (χ0n) is 28.4. The first-order chi connectivity index (χ1) is 25.7. The minimum Gasteiger partial charge on any atom is -0.439 e. The monoisotopic (exact) mass is 665 g/mol. The van der Waals surface area contributed by atoms with Crippen LogP contribution in [-0.2, 0) is 0 Å². The quantitative estimate of drug-likeness (QED) is 0.188. The van der Waals surface area contributed by atoms with Crippen LogP contribution in [0.3, 0.4) is 0 Å². The van der Waals surface area contributed by atoms with E-state index >= 15 is 0 Å². The van der Waals surface area contributed by atoms with Crippen LogP contribution < -0.4 is 0 Å². The number of hydrogen-bond acceptors (Lipinski definition) is 3. The first-order valence-electron chi connectivity index (χ1n) is 17.8. The molecule has 4 heteroatoms. The fourth-order valence-corrected chi connectivity index (χ4v) is 8.34.